The Morgan fingerprint density at radius 1 is 1.21 bits per heavy atom. The van der Waals surface area contributed by atoms with E-state index in [4.69, 9.17) is 11.6 Å². The molecule has 1 aromatic carbocycles. The maximum absolute atomic E-state index is 13.0. The van der Waals surface area contributed by atoms with E-state index < -0.39 is 37.7 Å². The molecule has 0 spiro atoms. The van der Waals surface area contributed by atoms with Crippen LogP contribution in [0, 0.1) is 0 Å². The Bertz CT molecular complexity index is 851. The van der Waals surface area contributed by atoms with Crippen LogP contribution in [0.1, 0.15) is 25.3 Å². The maximum Gasteiger partial charge on any atom is 0.417 e. The number of sulfonamides is 1. The van der Waals surface area contributed by atoms with Crippen molar-refractivity contribution in [1.29, 1.82) is 0 Å². The number of hydrogen-bond donors (Lipinski definition) is 1. The molecule has 1 unspecified atom stereocenters. The number of alkyl halides is 3. The van der Waals surface area contributed by atoms with Crippen molar-refractivity contribution < 1.29 is 26.4 Å². The number of carbonyl (C=O) groups excluding carboxylic acids is 1. The maximum atomic E-state index is 13.0. The molecule has 0 bridgehead atoms. The predicted octanol–water partition coefficient (Wildman–Crippen LogP) is 2.33. The summed E-state index contributed by atoms with van der Waals surface area (Å²) in [5.74, 6) is -0.0914. The van der Waals surface area contributed by atoms with Crippen molar-refractivity contribution in [2.45, 2.75) is 42.9 Å². The fraction of sp³-hybridized carbons (Fsp3) is 0.588. The van der Waals surface area contributed by atoms with Gasteiger partial charge in [0.15, 0.2) is 0 Å². The van der Waals surface area contributed by atoms with Gasteiger partial charge in [-0.1, -0.05) is 11.6 Å². The van der Waals surface area contributed by atoms with Crippen molar-refractivity contribution in [3.05, 3.63) is 28.8 Å². The fourth-order valence-electron chi connectivity index (χ4n) is 3.08. The van der Waals surface area contributed by atoms with E-state index in [9.17, 15) is 26.4 Å². The average Bonchev–Trinajstić information content (AvgIpc) is 3.44. The first-order valence-electron chi connectivity index (χ1n) is 8.91. The molecule has 2 fully saturated rings. The van der Waals surface area contributed by atoms with Gasteiger partial charge in [0.1, 0.15) is 0 Å². The highest BCUT2D eigenvalue weighted by atomic mass is 35.5. The number of benzene rings is 1. The Labute approximate surface area is 166 Å². The van der Waals surface area contributed by atoms with Crippen LogP contribution in [0.2, 0.25) is 5.02 Å². The number of hydrogen-bond acceptors (Lipinski definition) is 4. The van der Waals surface area contributed by atoms with E-state index in [1.165, 1.54) is 0 Å². The molecule has 0 radical (unpaired) electrons. The third-order valence-electron chi connectivity index (χ3n) is 5.01. The number of piperazine rings is 1. The number of halogens is 4. The highest BCUT2D eigenvalue weighted by molar-refractivity contribution is 7.89. The van der Waals surface area contributed by atoms with Crippen molar-refractivity contribution >= 4 is 27.5 Å². The first-order valence-corrected chi connectivity index (χ1v) is 10.7. The van der Waals surface area contributed by atoms with Crippen molar-refractivity contribution in [1.82, 2.24) is 14.5 Å². The summed E-state index contributed by atoms with van der Waals surface area (Å²) in [6.07, 6.45) is -2.79. The summed E-state index contributed by atoms with van der Waals surface area (Å²) in [6.45, 7) is 2.58. The van der Waals surface area contributed by atoms with Crippen LogP contribution in [0.25, 0.3) is 0 Å². The van der Waals surface area contributed by atoms with Crippen molar-refractivity contribution in [2.24, 2.45) is 0 Å². The molecule has 1 N–H and O–H groups in total. The van der Waals surface area contributed by atoms with Gasteiger partial charge in [-0.15, -0.1) is 0 Å². The van der Waals surface area contributed by atoms with E-state index in [0.717, 1.165) is 29.3 Å². The van der Waals surface area contributed by atoms with Crippen LogP contribution in [0.4, 0.5) is 13.2 Å². The SMILES string of the molecule is CC(C(=O)NC1CC1)N1CCN(S(=O)(=O)c2ccc(Cl)c(C(F)(F)F)c2)CC1. The first-order chi connectivity index (χ1) is 13.0. The highest BCUT2D eigenvalue weighted by Crippen LogP contribution is 2.36. The van der Waals surface area contributed by atoms with E-state index >= 15 is 0 Å². The number of nitrogens with one attached hydrogen (secondary N) is 1. The van der Waals surface area contributed by atoms with Gasteiger partial charge in [-0.3, -0.25) is 9.69 Å². The summed E-state index contributed by atoms with van der Waals surface area (Å²) >= 11 is 5.57. The van der Waals surface area contributed by atoms with Crippen LogP contribution < -0.4 is 5.32 Å². The van der Waals surface area contributed by atoms with E-state index in [0.29, 0.717) is 19.2 Å². The minimum atomic E-state index is -4.74. The normalized spacial score (nSPS) is 20.8. The summed E-state index contributed by atoms with van der Waals surface area (Å²) in [5, 5.41) is 2.36. The zero-order chi connectivity index (χ0) is 20.7. The molecule has 1 aliphatic carbocycles. The van der Waals surface area contributed by atoms with E-state index in [1.54, 1.807) is 6.92 Å². The lowest BCUT2D eigenvalue weighted by molar-refractivity contribution is -0.137. The monoisotopic (exact) mass is 439 g/mol. The quantitative estimate of drug-likeness (QED) is 0.764. The molecule has 1 aromatic rings. The van der Waals surface area contributed by atoms with Crippen LogP contribution in [0.5, 0.6) is 0 Å². The molecule has 1 heterocycles. The lowest BCUT2D eigenvalue weighted by atomic mass is 10.2. The zero-order valence-electron chi connectivity index (χ0n) is 15.2. The summed E-state index contributed by atoms with van der Waals surface area (Å²) in [7, 11) is -4.09. The predicted molar refractivity (Wildman–Crippen MR) is 97.4 cm³/mol. The van der Waals surface area contributed by atoms with Gasteiger partial charge in [-0.2, -0.15) is 17.5 Å². The van der Waals surface area contributed by atoms with Gasteiger partial charge in [0.2, 0.25) is 15.9 Å². The van der Waals surface area contributed by atoms with Crippen LogP contribution in [0.15, 0.2) is 23.1 Å². The molecule has 1 amide bonds. The standard InChI is InChI=1S/C17H21ClF3N3O3S/c1-11(16(25)22-12-2-3-12)23-6-8-24(9-7-23)28(26,27)13-4-5-15(18)14(10-13)17(19,20)21/h4-5,10-12H,2-3,6-9H2,1H3,(H,22,25). The molecule has 0 aromatic heterocycles. The molecular formula is C17H21ClF3N3O3S. The number of amides is 1. The van der Waals surface area contributed by atoms with Gasteiger partial charge in [0.05, 0.1) is 21.5 Å². The smallest absolute Gasteiger partial charge is 0.352 e. The second kappa shape index (κ2) is 7.81. The highest BCUT2D eigenvalue weighted by Gasteiger charge is 2.37. The fourth-order valence-corrected chi connectivity index (χ4v) is 4.75. The Morgan fingerprint density at radius 2 is 1.82 bits per heavy atom. The number of carbonyl (C=O) groups is 1. The number of rotatable bonds is 5. The Hall–Kier alpha value is -1.36. The molecule has 1 atom stereocenters. The Morgan fingerprint density at radius 3 is 2.36 bits per heavy atom. The second-order valence-electron chi connectivity index (χ2n) is 7.04. The molecule has 11 heteroatoms. The molecule has 1 aliphatic heterocycles. The molecule has 28 heavy (non-hydrogen) atoms. The van der Waals surface area contributed by atoms with Crippen molar-refractivity contribution in [3.63, 3.8) is 0 Å². The summed E-state index contributed by atoms with van der Waals surface area (Å²) in [5.41, 5.74) is -1.18. The second-order valence-corrected chi connectivity index (χ2v) is 9.38. The van der Waals surface area contributed by atoms with Crippen LogP contribution in [-0.2, 0) is 21.0 Å². The largest absolute Gasteiger partial charge is 0.417 e. The van der Waals surface area contributed by atoms with Gasteiger partial charge in [0.25, 0.3) is 0 Å². The van der Waals surface area contributed by atoms with E-state index in [-0.39, 0.29) is 25.0 Å². The molecule has 1 saturated heterocycles. The van der Waals surface area contributed by atoms with Crippen LogP contribution >= 0.6 is 11.6 Å². The molecule has 2 aliphatic rings. The van der Waals surface area contributed by atoms with E-state index in [1.807, 2.05) is 4.90 Å². The molecular weight excluding hydrogens is 419 g/mol. The number of nitrogens with zero attached hydrogens (tertiary/aromatic N) is 2. The van der Waals surface area contributed by atoms with Crippen molar-refractivity contribution in [2.75, 3.05) is 26.2 Å². The third kappa shape index (κ3) is 4.61. The summed E-state index contributed by atoms with van der Waals surface area (Å²) in [6, 6.07) is 2.43. The molecule has 1 saturated carbocycles. The summed E-state index contributed by atoms with van der Waals surface area (Å²) in [4.78, 5) is 13.6. The lowest BCUT2D eigenvalue weighted by Gasteiger charge is -2.36. The van der Waals surface area contributed by atoms with Crippen molar-refractivity contribution in [3.8, 4) is 0 Å². The van der Waals surface area contributed by atoms with Gasteiger partial charge in [-0.05, 0) is 38.0 Å². The third-order valence-corrected chi connectivity index (χ3v) is 7.23. The molecule has 6 nitrogen and oxygen atoms in total. The lowest BCUT2D eigenvalue weighted by Crippen LogP contribution is -2.55. The average molecular weight is 440 g/mol. The zero-order valence-corrected chi connectivity index (χ0v) is 16.7. The van der Waals surface area contributed by atoms with Gasteiger partial charge >= 0.3 is 6.18 Å². The van der Waals surface area contributed by atoms with Crippen LogP contribution in [0.3, 0.4) is 0 Å². The van der Waals surface area contributed by atoms with E-state index in [2.05, 4.69) is 5.32 Å². The molecule has 156 valence electrons. The minimum Gasteiger partial charge on any atom is -0.352 e. The molecule has 3 rings (SSSR count). The van der Waals surface area contributed by atoms with Gasteiger partial charge < -0.3 is 5.32 Å². The first kappa shape index (κ1) is 21.4. The topological polar surface area (TPSA) is 69.7 Å². The van der Waals surface area contributed by atoms with Gasteiger partial charge in [-0.25, -0.2) is 8.42 Å². The van der Waals surface area contributed by atoms with Gasteiger partial charge in [0, 0.05) is 32.2 Å². The Balaban J connectivity index is 1.68. The minimum absolute atomic E-state index is 0.0906. The van der Waals surface area contributed by atoms with Crippen LogP contribution in [-0.4, -0.2) is 61.8 Å². The summed E-state index contributed by atoms with van der Waals surface area (Å²) < 4.78 is 65.8. The Kier molecular flexibility index (Phi) is 5.96.